The summed E-state index contributed by atoms with van der Waals surface area (Å²) in [6.45, 7) is 0.595. The van der Waals surface area contributed by atoms with Crippen LogP contribution in [0.25, 0.3) is 0 Å². The summed E-state index contributed by atoms with van der Waals surface area (Å²) in [7, 11) is 0. The van der Waals surface area contributed by atoms with E-state index in [0.29, 0.717) is 57.8 Å². The number of carbonyl (C=O) groups excluding carboxylic acids is 9. The first kappa shape index (κ1) is 69.8. The number of carbonyl (C=O) groups is 9. The van der Waals surface area contributed by atoms with Gasteiger partial charge in [-0.05, 0) is 149 Å². The van der Waals surface area contributed by atoms with Crippen molar-refractivity contribution in [2.75, 3.05) is 58.9 Å². The number of amides is 2. The number of nitrogens with two attached hydrogens (primary N) is 10. The smallest absolute Gasteiger partial charge is 0.347 e. The molecule has 0 radical (unpaired) electrons. The zero-order valence-corrected chi connectivity index (χ0v) is 42.6. The summed E-state index contributed by atoms with van der Waals surface area (Å²) in [5.74, 6) is -7.79. The van der Waals surface area contributed by atoms with E-state index in [1.807, 2.05) is 0 Å². The Morgan fingerprint density at radius 1 is 0.320 bits per heavy atom. The second kappa shape index (κ2) is 44.0. The van der Waals surface area contributed by atoms with Crippen LogP contribution < -0.4 is 101 Å². The molecule has 28 N–H and O–H groups in total. The van der Waals surface area contributed by atoms with Crippen molar-refractivity contribution in [2.45, 2.75) is 151 Å². The van der Waals surface area contributed by atoms with Crippen molar-refractivity contribution < 1.29 is 72.2 Å². The number of hydroxylamine groups is 6. The normalized spacial score (nSPS) is 14.8. The Kier molecular flexibility index (Phi) is 40.9. The highest BCUT2D eigenvalue weighted by atomic mass is 16.7. The molecule has 0 fully saturated rings. The maximum atomic E-state index is 13.6. The highest BCUT2D eigenvalue weighted by Crippen LogP contribution is 2.08. The monoisotopic (exact) mass is 1080 g/mol. The van der Waals surface area contributed by atoms with E-state index in [1.54, 1.807) is 0 Å². The first-order valence-electron chi connectivity index (χ1n) is 25.0. The van der Waals surface area contributed by atoms with Crippen LogP contribution in [0.15, 0.2) is 0 Å². The Balaban J connectivity index is 5.89. The summed E-state index contributed by atoms with van der Waals surface area (Å²) >= 11 is 0. The summed E-state index contributed by atoms with van der Waals surface area (Å²) in [5.41, 5.74) is 70.3. The quantitative estimate of drug-likeness (QED) is 0.0116. The molecule has 2 amide bonds. The highest BCUT2D eigenvalue weighted by molar-refractivity contribution is 5.89. The van der Waals surface area contributed by atoms with E-state index in [0.717, 1.165) is 0 Å². The standard InChI is InChI=1S/C42H86N18O15/c43-16-4-1-7-26(25-61)55-71-40(67)32(13-22-49)59-72-38(65)30(11-20-47)53-36(63)29(9-3-6-18-45)57-75-42(69)34(15-24-51)60-73-39(66)31(12-21-48)54-35(62)28(8-2-5-17-44)56-74-41(68)33(14-23-50)58-70-37(64)27(52)10-19-46/h25-34,55-60H,1-24,43-52H2,(H,53,63)(H,54,62)/t26-,27?,28-,29-,30?,31?,32?,33?,34?/m0/s1. The lowest BCUT2D eigenvalue weighted by Crippen LogP contribution is -2.54. The van der Waals surface area contributed by atoms with Crippen molar-refractivity contribution in [3.05, 3.63) is 0 Å². The number of hydrogen-bond acceptors (Lipinski definition) is 31. The Hall–Kier alpha value is -5.21. The number of nitrogens with one attached hydrogen (secondary N) is 8. The van der Waals surface area contributed by atoms with E-state index < -0.39 is 102 Å². The zero-order valence-electron chi connectivity index (χ0n) is 42.6. The predicted octanol–water partition coefficient (Wildman–Crippen LogP) is -8.54. The third kappa shape index (κ3) is 30.8. The van der Waals surface area contributed by atoms with Gasteiger partial charge in [0.15, 0.2) is 0 Å². The van der Waals surface area contributed by atoms with Gasteiger partial charge in [0.2, 0.25) is 11.8 Å². The van der Waals surface area contributed by atoms with Crippen molar-refractivity contribution in [1.29, 1.82) is 0 Å². The van der Waals surface area contributed by atoms with E-state index in [2.05, 4.69) is 43.5 Å². The molecule has 0 spiro atoms. The maximum Gasteiger partial charge on any atom is 0.347 e. The molecule has 0 bridgehead atoms. The Morgan fingerprint density at radius 2 is 0.600 bits per heavy atom. The van der Waals surface area contributed by atoms with E-state index in [9.17, 15) is 43.2 Å². The molecule has 0 saturated carbocycles. The second-order valence-corrected chi connectivity index (χ2v) is 16.8. The third-order valence-electron chi connectivity index (χ3n) is 10.6. The Bertz CT molecular complexity index is 1660. The van der Waals surface area contributed by atoms with Crippen LogP contribution in [0.4, 0.5) is 0 Å². The van der Waals surface area contributed by atoms with Gasteiger partial charge in [-0.15, -0.1) is 32.9 Å². The fourth-order valence-electron chi connectivity index (χ4n) is 6.20. The molecular formula is C42H86N18O15. The maximum absolute atomic E-state index is 13.6. The molecule has 75 heavy (non-hydrogen) atoms. The van der Waals surface area contributed by atoms with Gasteiger partial charge < -0.3 is 102 Å². The molecule has 434 valence electrons. The lowest BCUT2D eigenvalue weighted by Gasteiger charge is -2.24. The van der Waals surface area contributed by atoms with Crippen molar-refractivity contribution in [1.82, 2.24) is 43.5 Å². The van der Waals surface area contributed by atoms with Gasteiger partial charge in [-0.2, -0.15) is 0 Å². The SMILES string of the molecule is NCCCC[C@@H](C=O)NOC(=O)C(CCN)NOC(=O)C(CCN)NC(=O)[C@H](CCCCN)NOC(=O)C(CCN)NOC(=O)C(CCN)NC(=O)[C@H](CCCCN)NOC(=O)C(CCN)NOC(=O)C(N)CCN. The summed E-state index contributed by atoms with van der Waals surface area (Å²) in [6, 6.07) is -11.3. The number of unbranched alkanes of at least 4 members (excludes halogenated alkanes) is 3. The van der Waals surface area contributed by atoms with Crippen molar-refractivity contribution in [3.63, 3.8) is 0 Å². The van der Waals surface area contributed by atoms with Gasteiger partial charge in [0, 0.05) is 0 Å². The van der Waals surface area contributed by atoms with Gasteiger partial charge in [0.05, 0.1) is 6.04 Å². The van der Waals surface area contributed by atoms with E-state index in [1.165, 1.54) is 0 Å². The van der Waals surface area contributed by atoms with Crippen molar-refractivity contribution >= 4 is 53.9 Å². The van der Waals surface area contributed by atoms with Crippen LogP contribution in [0, 0.1) is 0 Å². The minimum absolute atomic E-state index is 0.0292. The van der Waals surface area contributed by atoms with Crippen LogP contribution in [0.2, 0.25) is 0 Å². The van der Waals surface area contributed by atoms with Crippen LogP contribution in [-0.4, -0.2) is 167 Å². The first-order valence-corrected chi connectivity index (χ1v) is 25.0. The molecule has 6 unspecified atom stereocenters. The lowest BCUT2D eigenvalue weighted by molar-refractivity contribution is -0.171. The molecule has 0 aromatic carbocycles. The molecule has 0 aliphatic carbocycles. The average molecular weight is 1080 g/mol. The summed E-state index contributed by atoms with van der Waals surface area (Å²) in [5, 5.41) is 4.97. The molecule has 9 atom stereocenters. The van der Waals surface area contributed by atoms with Gasteiger partial charge in [0.25, 0.3) is 0 Å². The third-order valence-corrected chi connectivity index (χ3v) is 10.6. The van der Waals surface area contributed by atoms with Crippen LogP contribution in [-0.2, 0) is 72.2 Å². The molecular weight excluding hydrogens is 997 g/mol. The minimum Gasteiger partial charge on any atom is -0.368 e. The fourth-order valence-corrected chi connectivity index (χ4v) is 6.20. The van der Waals surface area contributed by atoms with Gasteiger partial charge >= 0.3 is 35.8 Å². The molecule has 33 heteroatoms. The fraction of sp³-hybridized carbons (Fsp3) is 0.786. The number of rotatable bonds is 47. The lowest BCUT2D eigenvalue weighted by atomic mass is 10.1. The largest absolute Gasteiger partial charge is 0.368 e. The Morgan fingerprint density at radius 3 is 0.920 bits per heavy atom. The summed E-state index contributed by atoms with van der Waals surface area (Å²) < 4.78 is 0. The summed E-state index contributed by atoms with van der Waals surface area (Å²) in [4.78, 5) is 147. The molecule has 0 heterocycles. The zero-order chi connectivity index (χ0) is 56.4. The topological polar surface area (TPSA) is 565 Å². The van der Waals surface area contributed by atoms with Crippen LogP contribution in [0.3, 0.4) is 0 Å². The number of hydrogen-bond donors (Lipinski definition) is 18. The molecule has 0 aromatic rings. The van der Waals surface area contributed by atoms with E-state index in [-0.39, 0.29) is 104 Å². The van der Waals surface area contributed by atoms with Gasteiger partial charge in [0.1, 0.15) is 54.6 Å². The van der Waals surface area contributed by atoms with E-state index >= 15 is 0 Å². The molecule has 33 nitrogen and oxygen atoms in total. The van der Waals surface area contributed by atoms with Gasteiger partial charge in [-0.1, -0.05) is 6.42 Å². The van der Waals surface area contributed by atoms with Gasteiger partial charge in [-0.25, -0.2) is 28.8 Å². The van der Waals surface area contributed by atoms with Crippen LogP contribution in [0.1, 0.15) is 96.3 Å². The molecule has 0 aromatic heterocycles. The van der Waals surface area contributed by atoms with Crippen molar-refractivity contribution in [3.8, 4) is 0 Å². The molecule has 0 aliphatic rings. The van der Waals surface area contributed by atoms with Crippen molar-refractivity contribution in [2.24, 2.45) is 57.3 Å². The minimum atomic E-state index is -1.45. The first-order chi connectivity index (χ1) is 36.0. The van der Waals surface area contributed by atoms with Crippen LogP contribution >= 0.6 is 0 Å². The highest BCUT2D eigenvalue weighted by Gasteiger charge is 2.33. The second-order valence-electron chi connectivity index (χ2n) is 16.8. The molecule has 0 saturated heterocycles. The number of aldehydes is 1. The van der Waals surface area contributed by atoms with Crippen LogP contribution in [0.5, 0.6) is 0 Å². The average Bonchev–Trinajstić information content (AvgIpc) is 3.39. The predicted molar refractivity (Wildman–Crippen MR) is 267 cm³/mol. The molecule has 0 aliphatic heterocycles. The van der Waals surface area contributed by atoms with E-state index in [4.69, 9.17) is 86.4 Å². The van der Waals surface area contributed by atoms with Gasteiger partial charge in [-0.3, -0.25) is 9.59 Å². The Labute approximate surface area is 435 Å². The summed E-state index contributed by atoms with van der Waals surface area (Å²) in [6.07, 6.45) is 3.38. The molecule has 0 rings (SSSR count).